The van der Waals surface area contributed by atoms with E-state index in [4.69, 9.17) is 5.73 Å². The van der Waals surface area contributed by atoms with Crippen LogP contribution in [0.3, 0.4) is 0 Å². The standard InChI is InChI=1S/C13H24N4O/c1-12-10-16-17(11-12)9-8-15-13(18)6-4-2-3-5-7-14/h10-11H,2-9,14H2,1H3,(H,15,18). The molecule has 0 aromatic carbocycles. The zero-order valence-electron chi connectivity index (χ0n) is 11.2. The molecule has 0 saturated heterocycles. The van der Waals surface area contributed by atoms with E-state index in [-0.39, 0.29) is 5.91 Å². The van der Waals surface area contributed by atoms with Crippen LogP contribution in [0.1, 0.15) is 37.7 Å². The molecule has 18 heavy (non-hydrogen) atoms. The van der Waals surface area contributed by atoms with Crippen LogP contribution in [0, 0.1) is 6.92 Å². The molecule has 5 heteroatoms. The Bertz CT molecular complexity index is 349. The maximum Gasteiger partial charge on any atom is 0.220 e. The number of rotatable bonds is 9. The van der Waals surface area contributed by atoms with Gasteiger partial charge in [-0.15, -0.1) is 0 Å². The van der Waals surface area contributed by atoms with E-state index in [1.807, 2.05) is 24.0 Å². The van der Waals surface area contributed by atoms with Gasteiger partial charge in [-0.2, -0.15) is 5.10 Å². The Hall–Kier alpha value is -1.36. The monoisotopic (exact) mass is 252 g/mol. The highest BCUT2D eigenvalue weighted by atomic mass is 16.1. The number of nitrogens with two attached hydrogens (primary N) is 1. The van der Waals surface area contributed by atoms with E-state index < -0.39 is 0 Å². The van der Waals surface area contributed by atoms with E-state index in [1.54, 1.807) is 0 Å². The number of carbonyl (C=O) groups is 1. The number of hydrogen-bond acceptors (Lipinski definition) is 3. The zero-order valence-corrected chi connectivity index (χ0v) is 11.2. The summed E-state index contributed by atoms with van der Waals surface area (Å²) in [5, 5.41) is 7.07. The van der Waals surface area contributed by atoms with Gasteiger partial charge in [0, 0.05) is 19.2 Å². The van der Waals surface area contributed by atoms with Crippen LogP contribution in [0.5, 0.6) is 0 Å². The topological polar surface area (TPSA) is 72.9 Å². The summed E-state index contributed by atoms with van der Waals surface area (Å²) in [5.74, 6) is 0.131. The van der Waals surface area contributed by atoms with Crippen LogP contribution < -0.4 is 11.1 Å². The Morgan fingerprint density at radius 2 is 2.17 bits per heavy atom. The van der Waals surface area contributed by atoms with Crippen LogP contribution in [0.4, 0.5) is 0 Å². The Morgan fingerprint density at radius 1 is 1.39 bits per heavy atom. The van der Waals surface area contributed by atoms with Crippen molar-refractivity contribution in [2.24, 2.45) is 5.73 Å². The fourth-order valence-electron chi connectivity index (χ4n) is 1.77. The molecule has 3 N–H and O–H groups in total. The second-order valence-electron chi connectivity index (χ2n) is 4.58. The second-order valence-corrected chi connectivity index (χ2v) is 4.58. The maximum absolute atomic E-state index is 11.5. The molecule has 102 valence electrons. The molecule has 0 atom stereocenters. The first-order valence-electron chi connectivity index (χ1n) is 6.68. The summed E-state index contributed by atoms with van der Waals surface area (Å²) in [4.78, 5) is 11.5. The first kappa shape index (κ1) is 14.7. The molecule has 5 nitrogen and oxygen atoms in total. The van der Waals surface area contributed by atoms with Gasteiger partial charge in [0.05, 0.1) is 12.7 Å². The molecule has 0 fully saturated rings. The second kappa shape index (κ2) is 8.69. The molecule has 0 radical (unpaired) electrons. The fraction of sp³-hybridized carbons (Fsp3) is 0.692. The highest BCUT2D eigenvalue weighted by Crippen LogP contribution is 2.01. The quantitative estimate of drug-likeness (QED) is 0.649. The number of aromatic nitrogens is 2. The summed E-state index contributed by atoms with van der Waals surface area (Å²) in [5.41, 5.74) is 6.55. The van der Waals surface area contributed by atoms with Gasteiger partial charge in [-0.1, -0.05) is 12.8 Å². The van der Waals surface area contributed by atoms with Gasteiger partial charge >= 0.3 is 0 Å². The van der Waals surface area contributed by atoms with Crippen molar-refractivity contribution in [1.29, 1.82) is 0 Å². The lowest BCUT2D eigenvalue weighted by Gasteiger charge is -2.05. The number of aryl methyl sites for hydroxylation is 1. The smallest absolute Gasteiger partial charge is 0.220 e. The van der Waals surface area contributed by atoms with Crippen molar-refractivity contribution in [3.05, 3.63) is 18.0 Å². The average molecular weight is 252 g/mol. The van der Waals surface area contributed by atoms with Gasteiger partial charge in [0.15, 0.2) is 0 Å². The Kier molecular flexibility index (Phi) is 7.10. The summed E-state index contributed by atoms with van der Waals surface area (Å²) in [6, 6.07) is 0. The van der Waals surface area contributed by atoms with Gasteiger partial charge in [-0.05, 0) is 31.9 Å². The number of unbranched alkanes of at least 4 members (excludes halogenated alkanes) is 3. The number of nitrogens with one attached hydrogen (secondary N) is 1. The molecular formula is C13H24N4O. The van der Waals surface area contributed by atoms with Crippen LogP contribution in [0.2, 0.25) is 0 Å². The van der Waals surface area contributed by atoms with Gasteiger partial charge in [0.25, 0.3) is 0 Å². The van der Waals surface area contributed by atoms with Crippen LogP contribution in [0.25, 0.3) is 0 Å². The van der Waals surface area contributed by atoms with Gasteiger partial charge in [-0.3, -0.25) is 9.48 Å². The first-order valence-corrected chi connectivity index (χ1v) is 6.68. The minimum atomic E-state index is 0.131. The Morgan fingerprint density at radius 3 is 2.83 bits per heavy atom. The molecule has 0 aliphatic rings. The first-order chi connectivity index (χ1) is 8.72. The van der Waals surface area contributed by atoms with Gasteiger partial charge < -0.3 is 11.1 Å². The SMILES string of the molecule is Cc1cnn(CCNC(=O)CCCCCCN)c1. The van der Waals surface area contributed by atoms with Crippen molar-refractivity contribution >= 4 is 5.91 Å². The largest absolute Gasteiger partial charge is 0.354 e. The number of nitrogens with zero attached hydrogens (tertiary/aromatic N) is 2. The Balaban J connectivity index is 2.00. The molecule has 0 spiro atoms. The third kappa shape index (κ3) is 6.39. The third-order valence-electron chi connectivity index (χ3n) is 2.78. The molecule has 0 bridgehead atoms. The van der Waals surface area contributed by atoms with Crippen molar-refractivity contribution in [2.45, 2.75) is 45.6 Å². The lowest BCUT2D eigenvalue weighted by Crippen LogP contribution is -2.27. The maximum atomic E-state index is 11.5. The minimum absolute atomic E-state index is 0.131. The summed E-state index contributed by atoms with van der Waals surface area (Å²) < 4.78 is 1.84. The predicted molar refractivity (Wildman–Crippen MR) is 72.1 cm³/mol. The van der Waals surface area contributed by atoms with E-state index in [1.165, 1.54) is 0 Å². The van der Waals surface area contributed by atoms with Crippen molar-refractivity contribution < 1.29 is 4.79 Å². The molecule has 1 aromatic rings. The molecule has 1 rings (SSSR count). The van der Waals surface area contributed by atoms with Crippen molar-refractivity contribution in [2.75, 3.05) is 13.1 Å². The van der Waals surface area contributed by atoms with E-state index in [9.17, 15) is 4.79 Å². The lowest BCUT2D eigenvalue weighted by atomic mass is 10.1. The van der Waals surface area contributed by atoms with Crippen LogP contribution in [-0.4, -0.2) is 28.8 Å². The molecular weight excluding hydrogens is 228 g/mol. The highest BCUT2D eigenvalue weighted by molar-refractivity contribution is 5.75. The van der Waals surface area contributed by atoms with Crippen LogP contribution >= 0.6 is 0 Å². The van der Waals surface area contributed by atoms with E-state index in [2.05, 4.69) is 10.4 Å². The Labute approximate surface area is 109 Å². The third-order valence-corrected chi connectivity index (χ3v) is 2.78. The molecule has 0 aliphatic heterocycles. The van der Waals surface area contributed by atoms with Crippen LogP contribution in [0.15, 0.2) is 12.4 Å². The van der Waals surface area contributed by atoms with Crippen molar-refractivity contribution in [1.82, 2.24) is 15.1 Å². The summed E-state index contributed by atoms with van der Waals surface area (Å²) in [6.45, 7) is 4.12. The number of hydrogen-bond donors (Lipinski definition) is 2. The molecule has 1 heterocycles. The minimum Gasteiger partial charge on any atom is -0.354 e. The molecule has 0 unspecified atom stereocenters. The van der Waals surface area contributed by atoms with Gasteiger partial charge in [0.2, 0.25) is 5.91 Å². The predicted octanol–water partition coefficient (Wildman–Crippen LogP) is 1.22. The van der Waals surface area contributed by atoms with E-state index in [0.29, 0.717) is 13.0 Å². The van der Waals surface area contributed by atoms with E-state index >= 15 is 0 Å². The fourth-order valence-corrected chi connectivity index (χ4v) is 1.77. The zero-order chi connectivity index (χ0) is 13.2. The summed E-state index contributed by atoms with van der Waals surface area (Å²) in [6.07, 6.45) is 8.62. The summed E-state index contributed by atoms with van der Waals surface area (Å²) in [7, 11) is 0. The molecule has 0 saturated carbocycles. The number of carbonyl (C=O) groups excluding carboxylic acids is 1. The molecule has 1 aromatic heterocycles. The number of amides is 1. The normalized spacial score (nSPS) is 10.6. The van der Waals surface area contributed by atoms with Crippen LogP contribution in [-0.2, 0) is 11.3 Å². The van der Waals surface area contributed by atoms with Crippen molar-refractivity contribution in [3.8, 4) is 0 Å². The van der Waals surface area contributed by atoms with Gasteiger partial charge in [0.1, 0.15) is 0 Å². The molecule has 1 amide bonds. The highest BCUT2D eigenvalue weighted by Gasteiger charge is 2.00. The van der Waals surface area contributed by atoms with Crippen molar-refractivity contribution in [3.63, 3.8) is 0 Å². The van der Waals surface area contributed by atoms with E-state index in [0.717, 1.165) is 44.3 Å². The van der Waals surface area contributed by atoms with Gasteiger partial charge in [-0.25, -0.2) is 0 Å². The average Bonchev–Trinajstić information content (AvgIpc) is 2.75. The molecule has 0 aliphatic carbocycles. The summed E-state index contributed by atoms with van der Waals surface area (Å²) >= 11 is 0. The lowest BCUT2D eigenvalue weighted by molar-refractivity contribution is -0.121.